The molecule has 0 saturated carbocycles. The molecule has 0 N–H and O–H groups in total. The summed E-state index contributed by atoms with van der Waals surface area (Å²) in [5, 5.41) is 2.12. The minimum atomic E-state index is -0.0816. The predicted molar refractivity (Wildman–Crippen MR) is 111 cm³/mol. The number of fused-ring (bicyclic) bond motifs is 1. The van der Waals surface area contributed by atoms with Gasteiger partial charge in [0.25, 0.3) is 11.1 Å². The second-order valence-corrected chi connectivity index (χ2v) is 8.54. The highest BCUT2D eigenvalue weighted by Gasteiger charge is 2.26. The summed E-state index contributed by atoms with van der Waals surface area (Å²) in [6.07, 6.45) is 1.50. The van der Waals surface area contributed by atoms with Crippen LogP contribution < -0.4 is 4.74 Å². The molecule has 0 bridgehead atoms. The maximum absolute atomic E-state index is 12.7. The molecule has 140 valence electrons. The van der Waals surface area contributed by atoms with E-state index in [1.807, 2.05) is 18.2 Å². The average molecular weight is 442 g/mol. The Morgan fingerprint density at radius 1 is 1.11 bits per heavy atom. The van der Waals surface area contributed by atoms with Gasteiger partial charge in [-0.25, -0.2) is 4.98 Å². The Kier molecular flexibility index (Phi) is 5.46. The Hall–Kier alpha value is -1.53. The highest BCUT2D eigenvalue weighted by molar-refractivity contribution is 7.20. The second-order valence-electron chi connectivity index (χ2n) is 6.30. The Balaban J connectivity index is 1.39. The number of hydrogen-bond acceptors (Lipinski definition) is 4. The molecule has 1 fully saturated rings. The molecule has 0 radical (unpaired) electrons. The van der Waals surface area contributed by atoms with Gasteiger partial charge in [-0.3, -0.25) is 4.79 Å². The normalized spacial score (nSPS) is 15.3. The van der Waals surface area contributed by atoms with Crippen LogP contribution in [0.15, 0.2) is 36.4 Å². The largest absolute Gasteiger partial charge is 0.467 e. The quantitative estimate of drug-likeness (QED) is 0.505. The number of hydrogen-bond donors (Lipinski definition) is 0. The van der Waals surface area contributed by atoms with Crippen LogP contribution in [0.1, 0.15) is 23.2 Å². The van der Waals surface area contributed by atoms with Crippen molar-refractivity contribution in [3.8, 4) is 5.19 Å². The number of rotatable bonds is 3. The van der Waals surface area contributed by atoms with Gasteiger partial charge in [0, 0.05) is 31.0 Å². The minimum absolute atomic E-state index is 0.0223. The first-order valence-electron chi connectivity index (χ1n) is 8.47. The number of carbonyl (C=O) groups is 1. The summed E-state index contributed by atoms with van der Waals surface area (Å²) < 4.78 is 7.04. The van der Waals surface area contributed by atoms with Crippen molar-refractivity contribution < 1.29 is 9.53 Å². The zero-order valence-electron chi connectivity index (χ0n) is 14.1. The SMILES string of the molecule is O=C(c1ccc(Cl)cc1Cl)N1CCC(Oc2nc3c(Cl)cccc3s2)CC1. The van der Waals surface area contributed by atoms with Crippen molar-refractivity contribution in [2.75, 3.05) is 13.1 Å². The number of ether oxygens (including phenoxy) is 1. The van der Waals surface area contributed by atoms with Crippen LogP contribution in [0, 0.1) is 0 Å². The molecule has 1 aliphatic heterocycles. The summed E-state index contributed by atoms with van der Waals surface area (Å²) in [5.74, 6) is -0.0816. The van der Waals surface area contributed by atoms with E-state index in [4.69, 9.17) is 39.5 Å². The topological polar surface area (TPSA) is 42.4 Å². The van der Waals surface area contributed by atoms with E-state index in [0.29, 0.717) is 38.9 Å². The molecule has 1 saturated heterocycles. The summed E-state index contributed by atoms with van der Waals surface area (Å²) in [6.45, 7) is 1.21. The Labute approximate surface area is 175 Å². The van der Waals surface area contributed by atoms with Crippen LogP contribution in [0.3, 0.4) is 0 Å². The molecule has 0 aliphatic carbocycles. The number of piperidine rings is 1. The summed E-state index contributed by atoms with van der Waals surface area (Å²) in [4.78, 5) is 19.0. The standard InChI is InChI=1S/C19H15Cl3N2O2S/c20-11-4-5-13(15(22)10-11)18(25)24-8-6-12(7-9-24)26-19-23-17-14(21)2-1-3-16(17)27-19/h1-5,10,12H,6-9H2. The molecule has 27 heavy (non-hydrogen) atoms. The fourth-order valence-electron chi connectivity index (χ4n) is 3.10. The molecule has 3 aromatic rings. The van der Waals surface area contributed by atoms with Crippen molar-refractivity contribution >= 4 is 62.3 Å². The van der Waals surface area contributed by atoms with Crippen LogP contribution in [0.5, 0.6) is 5.19 Å². The lowest BCUT2D eigenvalue weighted by molar-refractivity contribution is 0.0595. The number of amides is 1. The van der Waals surface area contributed by atoms with E-state index >= 15 is 0 Å². The van der Waals surface area contributed by atoms with Gasteiger partial charge in [0.05, 0.1) is 20.3 Å². The van der Waals surface area contributed by atoms with Crippen molar-refractivity contribution in [3.63, 3.8) is 0 Å². The second kappa shape index (κ2) is 7.84. The van der Waals surface area contributed by atoms with Crippen LogP contribution in [-0.4, -0.2) is 35.0 Å². The number of benzene rings is 2. The molecule has 1 aliphatic rings. The van der Waals surface area contributed by atoms with E-state index in [2.05, 4.69) is 4.98 Å². The van der Waals surface area contributed by atoms with Gasteiger partial charge in [-0.15, -0.1) is 0 Å². The minimum Gasteiger partial charge on any atom is -0.467 e. The molecule has 2 aromatic carbocycles. The molecule has 0 spiro atoms. The van der Waals surface area contributed by atoms with E-state index in [-0.39, 0.29) is 12.0 Å². The van der Waals surface area contributed by atoms with Crippen LogP contribution >= 0.6 is 46.1 Å². The molecule has 2 heterocycles. The monoisotopic (exact) mass is 440 g/mol. The maximum atomic E-state index is 12.7. The van der Waals surface area contributed by atoms with Gasteiger partial charge in [0.15, 0.2) is 0 Å². The predicted octanol–water partition coefficient (Wildman–Crippen LogP) is 5.94. The number of carbonyl (C=O) groups excluding carboxylic acids is 1. The van der Waals surface area contributed by atoms with Crippen LogP contribution in [0.25, 0.3) is 10.2 Å². The van der Waals surface area contributed by atoms with Crippen LogP contribution in [-0.2, 0) is 0 Å². The lowest BCUT2D eigenvalue weighted by Gasteiger charge is -2.31. The molecule has 1 amide bonds. The van der Waals surface area contributed by atoms with Crippen LogP contribution in [0.4, 0.5) is 0 Å². The Bertz CT molecular complexity index is 1000. The summed E-state index contributed by atoms with van der Waals surface area (Å²) >= 11 is 19.7. The lowest BCUT2D eigenvalue weighted by atomic mass is 10.1. The fourth-order valence-corrected chi connectivity index (χ4v) is 4.77. The number of halogens is 3. The van der Waals surface area contributed by atoms with Crippen LogP contribution in [0.2, 0.25) is 15.1 Å². The first-order chi connectivity index (χ1) is 13.0. The highest BCUT2D eigenvalue weighted by Crippen LogP contribution is 2.33. The lowest BCUT2D eigenvalue weighted by Crippen LogP contribution is -2.41. The van der Waals surface area contributed by atoms with E-state index in [1.54, 1.807) is 23.1 Å². The third-order valence-corrected chi connectivity index (χ3v) is 6.27. The molecule has 8 heteroatoms. The first-order valence-corrected chi connectivity index (χ1v) is 10.4. The van der Waals surface area contributed by atoms with Gasteiger partial charge in [0.1, 0.15) is 11.6 Å². The van der Waals surface area contributed by atoms with Gasteiger partial charge in [0.2, 0.25) is 0 Å². The zero-order valence-corrected chi connectivity index (χ0v) is 17.2. The number of likely N-dealkylation sites (tertiary alicyclic amines) is 1. The van der Waals surface area contributed by atoms with E-state index in [0.717, 1.165) is 23.1 Å². The van der Waals surface area contributed by atoms with Crippen molar-refractivity contribution in [2.24, 2.45) is 0 Å². The van der Waals surface area contributed by atoms with E-state index < -0.39 is 0 Å². The van der Waals surface area contributed by atoms with Crippen molar-refractivity contribution in [1.82, 2.24) is 9.88 Å². The number of nitrogens with zero attached hydrogens (tertiary/aromatic N) is 2. The molecule has 0 unspecified atom stereocenters. The number of para-hydroxylation sites is 1. The van der Waals surface area contributed by atoms with Gasteiger partial charge >= 0.3 is 0 Å². The molecule has 1 aromatic heterocycles. The smallest absolute Gasteiger partial charge is 0.274 e. The van der Waals surface area contributed by atoms with Crippen molar-refractivity contribution in [1.29, 1.82) is 0 Å². The number of thiazole rings is 1. The fraction of sp³-hybridized carbons (Fsp3) is 0.263. The summed E-state index contributed by atoms with van der Waals surface area (Å²) in [5.41, 5.74) is 1.24. The van der Waals surface area contributed by atoms with Crippen molar-refractivity contribution in [2.45, 2.75) is 18.9 Å². The molecular weight excluding hydrogens is 427 g/mol. The van der Waals surface area contributed by atoms with Gasteiger partial charge in [-0.2, -0.15) is 0 Å². The Morgan fingerprint density at radius 2 is 1.89 bits per heavy atom. The maximum Gasteiger partial charge on any atom is 0.274 e. The van der Waals surface area contributed by atoms with Gasteiger partial charge in [-0.1, -0.05) is 52.2 Å². The summed E-state index contributed by atoms with van der Waals surface area (Å²) in [6, 6.07) is 10.6. The van der Waals surface area contributed by atoms with E-state index in [9.17, 15) is 4.79 Å². The van der Waals surface area contributed by atoms with Crippen molar-refractivity contribution in [3.05, 3.63) is 57.0 Å². The highest BCUT2D eigenvalue weighted by atomic mass is 35.5. The third-order valence-electron chi connectivity index (χ3n) is 4.51. The third kappa shape index (κ3) is 4.02. The van der Waals surface area contributed by atoms with Gasteiger partial charge < -0.3 is 9.64 Å². The molecule has 0 atom stereocenters. The molecule has 4 nitrogen and oxygen atoms in total. The molecular formula is C19H15Cl3N2O2S. The first kappa shape index (κ1) is 18.8. The molecule has 4 rings (SSSR count). The van der Waals surface area contributed by atoms with Gasteiger partial charge in [-0.05, 0) is 30.3 Å². The average Bonchev–Trinajstić information content (AvgIpc) is 3.06. The number of aromatic nitrogens is 1. The zero-order chi connectivity index (χ0) is 19.0. The van der Waals surface area contributed by atoms with E-state index in [1.165, 1.54) is 11.3 Å². The Morgan fingerprint density at radius 3 is 2.59 bits per heavy atom. The summed E-state index contributed by atoms with van der Waals surface area (Å²) in [7, 11) is 0.